The highest BCUT2D eigenvalue weighted by atomic mass is 16.5. The van der Waals surface area contributed by atoms with Gasteiger partial charge in [0.1, 0.15) is 17.3 Å². The fourth-order valence-corrected chi connectivity index (χ4v) is 4.90. The topological polar surface area (TPSA) is 95.2 Å². The van der Waals surface area contributed by atoms with E-state index in [4.69, 9.17) is 13.9 Å². The number of allylic oxidation sites excluding steroid dienone is 1. The number of methoxy groups -OCH3 is 1. The lowest BCUT2D eigenvalue weighted by atomic mass is 9.75. The third-order valence-electron chi connectivity index (χ3n) is 6.78. The van der Waals surface area contributed by atoms with E-state index in [-0.39, 0.29) is 17.6 Å². The van der Waals surface area contributed by atoms with E-state index in [9.17, 15) is 14.4 Å². The summed E-state index contributed by atoms with van der Waals surface area (Å²) in [5, 5.41) is 0.370. The summed E-state index contributed by atoms with van der Waals surface area (Å²) in [5.41, 5.74) is 3.13. The Hall–Kier alpha value is -4.00. The third-order valence-corrected chi connectivity index (χ3v) is 6.78. The van der Waals surface area contributed by atoms with Crippen molar-refractivity contribution in [1.29, 1.82) is 0 Å². The van der Waals surface area contributed by atoms with Crippen LogP contribution in [-0.2, 0) is 19.1 Å². The third kappa shape index (κ3) is 4.86. The molecule has 0 spiro atoms. The van der Waals surface area contributed by atoms with Crippen LogP contribution in [0.1, 0.15) is 50.7 Å². The molecule has 0 aliphatic carbocycles. The van der Waals surface area contributed by atoms with Gasteiger partial charge in [0.15, 0.2) is 5.43 Å². The van der Waals surface area contributed by atoms with Gasteiger partial charge in [-0.1, -0.05) is 55.8 Å². The van der Waals surface area contributed by atoms with Crippen molar-refractivity contribution in [3.8, 4) is 11.3 Å². The first-order valence-corrected chi connectivity index (χ1v) is 12.4. The van der Waals surface area contributed by atoms with Crippen LogP contribution in [0.2, 0.25) is 0 Å². The number of para-hydroxylation sites is 1. The Morgan fingerprint density at radius 2 is 1.76 bits per heavy atom. The Morgan fingerprint density at radius 1 is 1.03 bits per heavy atom. The van der Waals surface area contributed by atoms with Crippen LogP contribution in [0.5, 0.6) is 0 Å². The number of esters is 2. The highest BCUT2D eigenvalue weighted by Crippen LogP contribution is 2.43. The van der Waals surface area contributed by atoms with E-state index in [1.165, 1.54) is 7.11 Å². The lowest BCUT2D eigenvalue weighted by Crippen LogP contribution is -2.36. The number of ether oxygens (including phenoxy) is 2. The zero-order valence-electron chi connectivity index (χ0n) is 21.8. The number of nitrogens with zero attached hydrogens (tertiary/aromatic N) is 1. The molecule has 2 aromatic carbocycles. The zero-order valence-corrected chi connectivity index (χ0v) is 21.8. The number of benzene rings is 2. The Balaban J connectivity index is 2.00. The van der Waals surface area contributed by atoms with Gasteiger partial charge >= 0.3 is 11.9 Å². The molecule has 0 saturated carbocycles. The van der Waals surface area contributed by atoms with Gasteiger partial charge in [-0.15, -0.1) is 0 Å². The zero-order chi connectivity index (χ0) is 26.7. The van der Waals surface area contributed by atoms with Gasteiger partial charge in [0.25, 0.3) is 0 Å². The van der Waals surface area contributed by atoms with Crippen molar-refractivity contribution in [1.82, 2.24) is 0 Å². The van der Waals surface area contributed by atoms with Gasteiger partial charge in [-0.2, -0.15) is 0 Å². The number of hydrogen-bond donors (Lipinski definition) is 0. The first-order valence-electron chi connectivity index (χ1n) is 12.4. The van der Waals surface area contributed by atoms with Gasteiger partial charge in [0.05, 0.1) is 24.7 Å². The molecule has 2 unspecified atom stereocenters. The number of aliphatic imine (C=N–C) groups is 1. The summed E-state index contributed by atoms with van der Waals surface area (Å²) in [6.45, 7) is 7.45. The first-order chi connectivity index (χ1) is 17.8. The molecule has 4 rings (SSSR count). The maximum Gasteiger partial charge on any atom is 0.336 e. The molecule has 7 heteroatoms. The lowest BCUT2D eigenvalue weighted by molar-refractivity contribution is -0.144. The quantitative estimate of drug-likeness (QED) is 0.303. The molecule has 0 amide bonds. The molecule has 2 heterocycles. The Bertz CT molecular complexity index is 1460. The molecule has 1 aliphatic heterocycles. The van der Waals surface area contributed by atoms with Crippen LogP contribution >= 0.6 is 0 Å². The van der Waals surface area contributed by atoms with Crippen molar-refractivity contribution >= 4 is 28.6 Å². The minimum Gasteiger partial charge on any atom is -0.468 e. The van der Waals surface area contributed by atoms with Gasteiger partial charge < -0.3 is 13.9 Å². The van der Waals surface area contributed by atoms with Crippen molar-refractivity contribution in [2.24, 2.45) is 10.9 Å². The van der Waals surface area contributed by atoms with Crippen molar-refractivity contribution in [2.45, 2.75) is 46.5 Å². The summed E-state index contributed by atoms with van der Waals surface area (Å²) >= 11 is 0. The summed E-state index contributed by atoms with van der Waals surface area (Å²) in [7, 11) is 1.30. The maximum atomic E-state index is 13.5. The van der Waals surface area contributed by atoms with E-state index in [0.29, 0.717) is 45.7 Å². The summed E-state index contributed by atoms with van der Waals surface area (Å²) in [6.07, 6.45) is 1.58. The van der Waals surface area contributed by atoms with Crippen molar-refractivity contribution in [2.75, 3.05) is 13.7 Å². The summed E-state index contributed by atoms with van der Waals surface area (Å²) in [6, 6.07) is 14.6. The van der Waals surface area contributed by atoms with Crippen molar-refractivity contribution in [3.63, 3.8) is 0 Å². The lowest BCUT2D eigenvalue weighted by Gasteiger charge is -2.31. The van der Waals surface area contributed by atoms with Crippen LogP contribution in [0, 0.1) is 12.8 Å². The summed E-state index contributed by atoms with van der Waals surface area (Å²) in [5.74, 6) is -2.34. The van der Waals surface area contributed by atoms with E-state index >= 15 is 0 Å². The van der Waals surface area contributed by atoms with E-state index in [1.807, 2.05) is 37.3 Å². The van der Waals surface area contributed by atoms with Gasteiger partial charge in [0, 0.05) is 34.0 Å². The van der Waals surface area contributed by atoms with Crippen LogP contribution in [0.4, 0.5) is 0 Å². The van der Waals surface area contributed by atoms with Crippen LogP contribution in [0.3, 0.4) is 0 Å². The molecule has 1 aromatic heterocycles. The first kappa shape index (κ1) is 26.1. The van der Waals surface area contributed by atoms with Crippen LogP contribution < -0.4 is 5.43 Å². The molecule has 7 nitrogen and oxygen atoms in total. The van der Waals surface area contributed by atoms with Crippen LogP contribution in [0.25, 0.3) is 22.3 Å². The average molecular weight is 502 g/mol. The molecular formula is C30H31NO6. The monoisotopic (exact) mass is 501 g/mol. The molecule has 3 aromatic rings. The smallest absolute Gasteiger partial charge is 0.336 e. The number of rotatable bonds is 7. The van der Waals surface area contributed by atoms with Crippen LogP contribution in [0.15, 0.2) is 74.0 Å². The van der Waals surface area contributed by atoms with E-state index in [2.05, 4.69) is 4.99 Å². The normalized spacial score (nSPS) is 17.5. The number of hydrogen-bond acceptors (Lipinski definition) is 7. The molecule has 0 saturated heterocycles. The van der Waals surface area contributed by atoms with Crippen molar-refractivity contribution in [3.05, 3.63) is 81.2 Å². The SMILES string of the molecule is CCCCOC(=O)C1=C(C)N=C(C)C(C(=O)OC)C1c1cccc2c(=O)c(C)c(-c3ccccc3)oc12. The number of fused-ring (bicyclic) bond motifs is 1. The number of carbonyl (C=O) groups is 2. The molecule has 1 aliphatic rings. The molecule has 0 radical (unpaired) electrons. The number of carbonyl (C=O) groups excluding carboxylic acids is 2. The van der Waals surface area contributed by atoms with E-state index < -0.39 is 23.8 Å². The predicted octanol–water partition coefficient (Wildman–Crippen LogP) is 5.73. The standard InChI is InChI=1S/C30H31NO6/c1-6-7-16-36-30(34)24-19(4)31-18(3)23(29(33)35-5)25(24)21-14-11-15-22-26(32)17(2)27(37-28(21)22)20-12-9-8-10-13-20/h8-15,23,25H,6-7,16H2,1-5H3. The van der Waals surface area contributed by atoms with Gasteiger partial charge in [-0.05, 0) is 33.3 Å². The van der Waals surface area contributed by atoms with E-state index in [1.54, 1.807) is 39.0 Å². The molecule has 192 valence electrons. The van der Waals surface area contributed by atoms with Gasteiger partial charge in [-0.25, -0.2) is 4.79 Å². The molecular weight excluding hydrogens is 470 g/mol. The second kappa shape index (κ2) is 10.9. The average Bonchev–Trinajstić information content (AvgIpc) is 2.90. The fraction of sp³-hybridized carbons (Fsp3) is 0.333. The predicted molar refractivity (Wildman–Crippen MR) is 143 cm³/mol. The highest BCUT2D eigenvalue weighted by Gasteiger charge is 2.43. The van der Waals surface area contributed by atoms with Gasteiger partial charge in [-0.3, -0.25) is 14.6 Å². The second-order valence-electron chi connectivity index (χ2n) is 9.20. The molecule has 0 fully saturated rings. The maximum absolute atomic E-state index is 13.5. The van der Waals surface area contributed by atoms with Gasteiger partial charge in [0.2, 0.25) is 0 Å². The number of unbranched alkanes of at least 4 members (excludes halogenated alkanes) is 1. The second-order valence-corrected chi connectivity index (χ2v) is 9.20. The highest BCUT2D eigenvalue weighted by molar-refractivity contribution is 6.07. The molecule has 0 N–H and O–H groups in total. The fourth-order valence-electron chi connectivity index (χ4n) is 4.90. The Labute approximate surface area is 215 Å². The Morgan fingerprint density at radius 3 is 2.43 bits per heavy atom. The molecule has 2 atom stereocenters. The minimum atomic E-state index is -0.889. The molecule has 0 bridgehead atoms. The van der Waals surface area contributed by atoms with Crippen molar-refractivity contribution < 1.29 is 23.5 Å². The molecule has 37 heavy (non-hydrogen) atoms. The summed E-state index contributed by atoms with van der Waals surface area (Å²) in [4.78, 5) is 44.4. The Kier molecular flexibility index (Phi) is 7.71. The largest absolute Gasteiger partial charge is 0.468 e. The van der Waals surface area contributed by atoms with Crippen LogP contribution in [-0.4, -0.2) is 31.4 Å². The minimum absolute atomic E-state index is 0.175. The summed E-state index contributed by atoms with van der Waals surface area (Å²) < 4.78 is 17.1. The van der Waals surface area contributed by atoms with E-state index in [0.717, 1.165) is 12.0 Å².